The number of hydrogen-bond donors (Lipinski definition) is 0. The lowest BCUT2D eigenvalue weighted by Gasteiger charge is -2.44. The maximum atomic E-state index is 6.15. The van der Waals surface area contributed by atoms with Crippen LogP contribution in [-0.2, 0) is 4.74 Å². The van der Waals surface area contributed by atoms with Crippen molar-refractivity contribution in [1.29, 1.82) is 0 Å². The van der Waals surface area contributed by atoms with Crippen LogP contribution < -0.4 is 5.19 Å². The van der Waals surface area contributed by atoms with Crippen molar-refractivity contribution >= 4 is 37.3 Å². The maximum absolute atomic E-state index is 6.15. The van der Waals surface area contributed by atoms with E-state index < -0.39 is 16.5 Å². The lowest BCUT2D eigenvalue weighted by atomic mass is 10.2. The Morgan fingerprint density at radius 2 is 1.70 bits per heavy atom. The highest BCUT2D eigenvalue weighted by Crippen LogP contribution is 2.20. The van der Waals surface area contributed by atoms with E-state index in [2.05, 4.69) is 81.3 Å². The predicted molar refractivity (Wildman–Crippen MR) is 111 cm³/mol. The van der Waals surface area contributed by atoms with E-state index in [0.29, 0.717) is 9.52 Å². The van der Waals surface area contributed by atoms with Gasteiger partial charge in [-0.3, -0.25) is 0 Å². The Morgan fingerprint density at radius 1 is 1.13 bits per heavy atom. The van der Waals surface area contributed by atoms with Crippen LogP contribution in [0.3, 0.4) is 0 Å². The first-order valence-electron chi connectivity index (χ1n) is 8.40. The molecule has 2 radical (unpaired) electrons. The van der Waals surface area contributed by atoms with Gasteiger partial charge >= 0.3 is 0 Å². The molecule has 1 unspecified atom stereocenters. The average Bonchev–Trinajstić information content (AvgIpc) is 2.43. The van der Waals surface area contributed by atoms with Crippen molar-refractivity contribution in [2.24, 2.45) is 0 Å². The summed E-state index contributed by atoms with van der Waals surface area (Å²) in [6.45, 7) is 21.8. The van der Waals surface area contributed by atoms with E-state index in [4.69, 9.17) is 4.74 Å². The van der Waals surface area contributed by atoms with Crippen LogP contribution in [0.1, 0.15) is 12.5 Å². The minimum Gasteiger partial charge on any atom is -0.381 e. The van der Waals surface area contributed by atoms with E-state index in [1.54, 1.807) is 0 Å². The molecule has 128 valence electrons. The number of hydrogen-bond acceptors (Lipinski definition) is 2. The number of benzene rings is 1. The van der Waals surface area contributed by atoms with Crippen molar-refractivity contribution in [1.82, 2.24) is 4.23 Å². The summed E-state index contributed by atoms with van der Waals surface area (Å²) in [5, 5.41) is 1.35. The third-order valence-electron chi connectivity index (χ3n) is 3.87. The molecule has 0 aliphatic heterocycles. The molecular formula is C18H33NOSi3. The zero-order chi connectivity index (χ0) is 17.7. The van der Waals surface area contributed by atoms with Crippen molar-refractivity contribution in [3.05, 3.63) is 36.4 Å². The standard InChI is InChI=1S/C18H33NOSi3/c1-9-17-12-10-11-13-18(17)21-15-20-16(2)14-19(22(3,4)5)23(6,7)8/h9-13,16H,1,14-15H2,2-8H3. The third-order valence-corrected chi connectivity index (χ3v) is 12.6. The molecule has 0 fully saturated rings. The first kappa shape index (κ1) is 20.6. The van der Waals surface area contributed by atoms with Gasteiger partial charge in [0.15, 0.2) is 0 Å². The molecule has 0 aliphatic rings. The first-order chi connectivity index (χ1) is 10.6. The Bertz CT molecular complexity index is 492. The first-order valence-corrected chi connectivity index (χ1v) is 16.5. The van der Waals surface area contributed by atoms with Crippen molar-refractivity contribution < 1.29 is 4.74 Å². The van der Waals surface area contributed by atoms with Gasteiger partial charge in [-0.2, -0.15) is 0 Å². The minimum atomic E-state index is -1.30. The molecule has 23 heavy (non-hydrogen) atoms. The Balaban J connectivity index is 2.56. The summed E-state index contributed by atoms with van der Waals surface area (Å²) in [6, 6.07) is 8.46. The van der Waals surface area contributed by atoms with Gasteiger partial charge in [-0.05, 0) is 12.5 Å². The summed E-state index contributed by atoms with van der Waals surface area (Å²) >= 11 is 0. The Morgan fingerprint density at radius 3 is 2.22 bits per heavy atom. The predicted octanol–water partition coefficient (Wildman–Crippen LogP) is 3.99. The van der Waals surface area contributed by atoms with Crippen LogP contribution in [0.25, 0.3) is 6.08 Å². The normalized spacial score (nSPS) is 14.1. The topological polar surface area (TPSA) is 12.5 Å². The van der Waals surface area contributed by atoms with Crippen molar-refractivity contribution in [2.45, 2.75) is 52.3 Å². The minimum absolute atomic E-state index is 0.289. The summed E-state index contributed by atoms with van der Waals surface area (Å²) in [7, 11) is -1.91. The highest BCUT2D eigenvalue weighted by atomic mass is 28.4. The van der Waals surface area contributed by atoms with Crippen LogP contribution in [0.2, 0.25) is 39.3 Å². The molecule has 0 aromatic heterocycles. The molecule has 0 saturated carbocycles. The van der Waals surface area contributed by atoms with E-state index in [9.17, 15) is 0 Å². The van der Waals surface area contributed by atoms with Crippen LogP contribution in [0, 0.1) is 0 Å². The van der Waals surface area contributed by atoms with Crippen LogP contribution >= 0.6 is 0 Å². The van der Waals surface area contributed by atoms with Crippen LogP contribution in [-0.4, -0.2) is 49.1 Å². The lowest BCUT2D eigenvalue weighted by molar-refractivity contribution is 0.0924. The summed E-state index contributed by atoms with van der Waals surface area (Å²) in [5.41, 5.74) is 1.23. The molecule has 0 N–H and O–H groups in total. The smallest absolute Gasteiger partial charge is 0.115 e. The molecule has 2 nitrogen and oxygen atoms in total. The van der Waals surface area contributed by atoms with Gasteiger partial charge in [-0.25, -0.2) is 0 Å². The third kappa shape index (κ3) is 6.89. The molecule has 5 heteroatoms. The molecule has 1 rings (SSSR count). The summed E-state index contributed by atoms with van der Waals surface area (Å²) in [6.07, 6.45) is 3.03. The van der Waals surface area contributed by atoms with Crippen LogP contribution in [0.5, 0.6) is 0 Å². The number of nitrogens with zero attached hydrogens (tertiary/aromatic N) is 1. The second-order valence-corrected chi connectivity index (χ2v) is 19.4. The fourth-order valence-electron chi connectivity index (χ4n) is 2.96. The highest BCUT2D eigenvalue weighted by molar-refractivity contribution is 6.89. The zero-order valence-corrected chi connectivity index (χ0v) is 18.9. The average molecular weight is 364 g/mol. The highest BCUT2D eigenvalue weighted by Gasteiger charge is 2.35. The second kappa shape index (κ2) is 8.58. The molecule has 1 aromatic carbocycles. The number of ether oxygens (including phenoxy) is 1. The van der Waals surface area contributed by atoms with Gasteiger partial charge in [0.05, 0.1) is 6.10 Å². The molecule has 0 heterocycles. The molecular weight excluding hydrogens is 330 g/mol. The van der Waals surface area contributed by atoms with Gasteiger partial charge < -0.3 is 8.97 Å². The van der Waals surface area contributed by atoms with E-state index >= 15 is 0 Å². The van der Waals surface area contributed by atoms with Gasteiger partial charge in [-0.1, -0.05) is 81.4 Å². The van der Waals surface area contributed by atoms with Gasteiger partial charge in [0.1, 0.15) is 26.0 Å². The van der Waals surface area contributed by atoms with Crippen molar-refractivity contribution in [2.75, 3.05) is 12.8 Å². The Kier molecular flexibility index (Phi) is 7.67. The van der Waals surface area contributed by atoms with Crippen LogP contribution in [0.15, 0.2) is 30.8 Å². The van der Waals surface area contributed by atoms with Gasteiger partial charge in [0, 0.05) is 12.8 Å². The van der Waals surface area contributed by atoms with E-state index in [-0.39, 0.29) is 6.10 Å². The van der Waals surface area contributed by atoms with E-state index in [0.717, 1.165) is 12.8 Å². The summed E-state index contributed by atoms with van der Waals surface area (Å²) in [4.78, 5) is 0. The van der Waals surface area contributed by atoms with Gasteiger partial charge in [0.2, 0.25) is 0 Å². The largest absolute Gasteiger partial charge is 0.381 e. The molecule has 0 bridgehead atoms. The van der Waals surface area contributed by atoms with E-state index in [1.165, 1.54) is 10.8 Å². The summed E-state index contributed by atoms with van der Waals surface area (Å²) < 4.78 is 8.94. The number of rotatable bonds is 9. The molecule has 1 atom stereocenters. The Labute approximate surface area is 147 Å². The lowest BCUT2D eigenvalue weighted by Crippen LogP contribution is -2.61. The van der Waals surface area contributed by atoms with Crippen molar-refractivity contribution in [3.8, 4) is 0 Å². The molecule has 0 aliphatic carbocycles. The second-order valence-electron chi connectivity index (χ2n) is 8.04. The van der Waals surface area contributed by atoms with Gasteiger partial charge in [0.25, 0.3) is 0 Å². The molecule has 0 spiro atoms. The van der Waals surface area contributed by atoms with E-state index in [1.807, 2.05) is 6.08 Å². The quantitative estimate of drug-likeness (QED) is 0.615. The van der Waals surface area contributed by atoms with Gasteiger partial charge in [-0.15, -0.1) is 0 Å². The summed E-state index contributed by atoms with van der Waals surface area (Å²) in [5.74, 6) is 0. The SMILES string of the molecule is C=Cc1ccccc1[Si]COC(C)CN([Si](C)(C)C)[Si](C)(C)C. The van der Waals surface area contributed by atoms with Crippen LogP contribution in [0.4, 0.5) is 0 Å². The Hall–Kier alpha value is -0.469. The molecule has 0 saturated heterocycles. The molecule has 1 aromatic rings. The maximum Gasteiger partial charge on any atom is 0.115 e. The monoisotopic (exact) mass is 363 g/mol. The molecule has 0 amide bonds. The fraction of sp³-hybridized carbons (Fsp3) is 0.556. The van der Waals surface area contributed by atoms with Crippen molar-refractivity contribution in [3.63, 3.8) is 0 Å². The zero-order valence-electron chi connectivity index (χ0n) is 15.9. The fourth-order valence-corrected chi connectivity index (χ4v) is 13.7.